The number of nitrogens with zero attached hydrogens (tertiary/aromatic N) is 3. The highest BCUT2D eigenvalue weighted by Crippen LogP contribution is 2.27. The van der Waals surface area contributed by atoms with Gasteiger partial charge in [-0.3, -0.25) is 4.79 Å². The van der Waals surface area contributed by atoms with Gasteiger partial charge in [0, 0.05) is 19.1 Å². The van der Waals surface area contributed by atoms with Gasteiger partial charge in [0.1, 0.15) is 0 Å². The predicted molar refractivity (Wildman–Crippen MR) is 109 cm³/mol. The van der Waals surface area contributed by atoms with Crippen molar-refractivity contribution in [3.8, 4) is 11.4 Å². The molecule has 3 rings (SSSR count). The number of amides is 1. The number of benzene rings is 1. The highest BCUT2D eigenvalue weighted by Gasteiger charge is 2.32. The molecule has 1 aliphatic rings. The van der Waals surface area contributed by atoms with Crippen LogP contribution < -0.4 is 10.5 Å². The quantitative estimate of drug-likeness (QED) is 0.818. The maximum Gasteiger partial charge on any atom is 0.278 e. The number of para-hydroxylation sites is 1. The zero-order valence-electron chi connectivity index (χ0n) is 16.0. The fourth-order valence-electron chi connectivity index (χ4n) is 3.42. The third-order valence-electron chi connectivity index (χ3n) is 4.88. The zero-order valence-corrected chi connectivity index (χ0v) is 16.8. The van der Waals surface area contributed by atoms with Crippen molar-refractivity contribution in [2.45, 2.75) is 39.2 Å². The van der Waals surface area contributed by atoms with Gasteiger partial charge in [0.25, 0.3) is 5.91 Å². The molecule has 1 amide bonds. The predicted octanol–water partition coefficient (Wildman–Crippen LogP) is 3.28. The molecule has 2 atom stereocenters. The van der Waals surface area contributed by atoms with Crippen molar-refractivity contribution in [1.29, 1.82) is 0 Å². The van der Waals surface area contributed by atoms with Gasteiger partial charge in [0.05, 0.1) is 18.5 Å². The molecule has 27 heavy (non-hydrogen) atoms. The maximum atomic E-state index is 13.2. The van der Waals surface area contributed by atoms with E-state index in [0.29, 0.717) is 37.1 Å². The van der Waals surface area contributed by atoms with Crippen molar-refractivity contribution >= 4 is 18.3 Å². The van der Waals surface area contributed by atoms with Crippen molar-refractivity contribution in [1.82, 2.24) is 14.7 Å². The van der Waals surface area contributed by atoms with Gasteiger partial charge in [-0.25, -0.2) is 4.68 Å². The standard InChI is InChI=1S/C20H28N4O2.ClH/c1-3-11-26-18-14-24(16-7-5-4-6-8-16)22-19(18)20(25)23-10-9-15(2)12-17(23)13-21;/h4-8,14-15,17H,3,9-13,21H2,1-2H3;1H. The molecule has 2 unspecified atom stereocenters. The molecule has 0 spiro atoms. The summed E-state index contributed by atoms with van der Waals surface area (Å²) < 4.78 is 7.54. The van der Waals surface area contributed by atoms with Crippen molar-refractivity contribution in [3.63, 3.8) is 0 Å². The summed E-state index contributed by atoms with van der Waals surface area (Å²) in [5.41, 5.74) is 7.20. The van der Waals surface area contributed by atoms with Gasteiger partial charge in [-0.1, -0.05) is 32.0 Å². The van der Waals surface area contributed by atoms with Crippen LogP contribution in [0.15, 0.2) is 36.5 Å². The van der Waals surface area contributed by atoms with Gasteiger partial charge in [-0.2, -0.15) is 5.10 Å². The van der Waals surface area contributed by atoms with Crippen LogP contribution in [-0.2, 0) is 0 Å². The zero-order chi connectivity index (χ0) is 18.5. The van der Waals surface area contributed by atoms with E-state index in [1.54, 1.807) is 10.9 Å². The third-order valence-corrected chi connectivity index (χ3v) is 4.88. The highest BCUT2D eigenvalue weighted by atomic mass is 35.5. The summed E-state index contributed by atoms with van der Waals surface area (Å²) in [6.45, 7) is 6.00. The van der Waals surface area contributed by atoms with Crippen LogP contribution >= 0.6 is 12.4 Å². The van der Waals surface area contributed by atoms with E-state index >= 15 is 0 Å². The number of hydrogen-bond donors (Lipinski definition) is 1. The Morgan fingerprint density at radius 1 is 1.33 bits per heavy atom. The minimum atomic E-state index is -0.0897. The molecule has 7 heteroatoms. The minimum Gasteiger partial charge on any atom is -0.489 e. The summed E-state index contributed by atoms with van der Waals surface area (Å²) >= 11 is 0. The molecule has 148 valence electrons. The number of hydrogen-bond acceptors (Lipinski definition) is 4. The van der Waals surface area contributed by atoms with Crippen LogP contribution in [0.1, 0.15) is 43.6 Å². The first-order valence-electron chi connectivity index (χ1n) is 9.43. The average Bonchev–Trinajstić information content (AvgIpc) is 3.10. The van der Waals surface area contributed by atoms with E-state index in [2.05, 4.69) is 12.0 Å². The van der Waals surface area contributed by atoms with Gasteiger partial charge < -0.3 is 15.4 Å². The Bertz CT molecular complexity index is 735. The monoisotopic (exact) mass is 392 g/mol. The molecule has 0 radical (unpaired) electrons. The minimum absolute atomic E-state index is 0. The molecule has 0 aliphatic carbocycles. The second-order valence-corrected chi connectivity index (χ2v) is 6.99. The van der Waals surface area contributed by atoms with Gasteiger partial charge in [0.15, 0.2) is 11.4 Å². The first-order valence-corrected chi connectivity index (χ1v) is 9.43. The second kappa shape index (κ2) is 9.76. The lowest BCUT2D eigenvalue weighted by Gasteiger charge is -2.37. The van der Waals surface area contributed by atoms with E-state index in [4.69, 9.17) is 10.5 Å². The van der Waals surface area contributed by atoms with Crippen LogP contribution in [-0.4, -0.2) is 46.3 Å². The molecule has 2 N–H and O–H groups in total. The third kappa shape index (κ3) is 4.82. The Hall–Kier alpha value is -2.05. The summed E-state index contributed by atoms with van der Waals surface area (Å²) in [5.74, 6) is 1.04. The van der Waals surface area contributed by atoms with E-state index in [1.165, 1.54) is 0 Å². The molecule has 1 aromatic carbocycles. The summed E-state index contributed by atoms with van der Waals surface area (Å²) in [5, 5.41) is 4.56. The van der Waals surface area contributed by atoms with Crippen molar-refractivity contribution in [2.75, 3.05) is 19.7 Å². The fraction of sp³-hybridized carbons (Fsp3) is 0.500. The van der Waals surface area contributed by atoms with E-state index in [-0.39, 0.29) is 24.4 Å². The number of halogens is 1. The molecule has 2 aromatic rings. The molecular weight excluding hydrogens is 364 g/mol. The number of likely N-dealkylation sites (tertiary alicyclic amines) is 1. The fourth-order valence-corrected chi connectivity index (χ4v) is 3.42. The molecule has 1 saturated heterocycles. The molecule has 1 fully saturated rings. The van der Waals surface area contributed by atoms with E-state index in [9.17, 15) is 4.79 Å². The second-order valence-electron chi connectivity index (χ2n) is 6.99. The lowest BCUT2D eigenvalue weighted by molar-refractivity contribution is 0.0563. The lowest BCUT2D eigenvalue weighted by atomic mass is 9.92. The topological polar surface area (TPSA) is 73.4 Å². The Labute approximate surface area is 167 Å². The van der Waals surface area contributed by atoms with E-state index < -0.39 is 0 Å². The van der Waals surface area contributed by atoms with E-state index in [0.717, 1.165) is 24.9 Å². The van der Waals surface area contributed by atoms with Gasteiger partial charge in [0.2, 0.25) is 0 Å². The van der Waals surface area contributed by atoms with Crippen LogP contribution in [0, 0.1) is 5.92 Å². The lowest BCUT2D eigenvalue weighted by Crippen LogP contribution is -2.49. The molecule has 1 aromatic heterocycles. The normalized spacial score (nSPS) is 19.4. The number of nitrogens with two attached hydrogens (primary N) is 1. The van der Waals surface area contributed by atoms with Gasteiger partial charge >= 0.3 is 0 Å². The summed E-state index contributed by atoms with van der Waals surface area (Å²) in [6, 6.07) is 9.82. The maximum absolute atomic E-state index is 13.2. The molecular formula is C20H29ClN4O2. The number of carbonyl (C=O) groups excluding carboxylic acids is 1. The summed E-state index contributed by atoms with van der Waals surface area (Å²) in [7, 11) is 0. The van der Waals surface area contributed by atoms with Crippen LogP contribution in [0.5, 0.6) is 5.75 Å². The molecule has 0 saturated carbocycles. The average molecular weight is 393 g/mol. The highest BCUT2D eigenvalue weighted by molar-refractivity contribution is 5.95. The number of rotatable bonds is 6. The number of aromatic nitrogens is 2. The van der Waals surface area contributed by atoms with Crippen LogP contribution in [0.2, 0.25) is 0 Å². The number of ether oxygens (including phenoxy) is 1. The van der Waals surface area contributed by atoms with Crippen LogP contribution in [0.25, 0.3) is 5.69 Å². The first kappa shape index (κ1) is 21.3. The van der Waals surface area contributed by atoms with Crippen LogP contribution in [0.3, 0.4) is 0 Å². The first-order chi connectivity index (χ1) is 12.6. The van der Waals surface area contributed by atoms with Crippen molar-refractivity contribution in [3.05, 3.63) is 42.2 Å². The molecule has 1 aliphatic heterocycles. The molecule has 2 heterocycles. The van der Waals surface area contributed by atoms with Crippen molar-refractivity contribution < 1.29 is 9.53 Å². The van der Waals surface area contributed by atoms with Gasteiger partial charge in [-0.05, 0) is 37.3 Å². The molecule has 0 bridgehead atoms. The number of piperidine rings is 1. The summed E-state index contributed by atoms with van der Waals surface area (Å²) in [6.07, 6.45) is 4.60. The largest absolute Gasteiger partial charge is 0.489 e. The van der Waals surface area contributed by atoms with Crippen molar-refractivity contribution in [2.24, 2.45) is 11.7 Å². The molecule has 6 nitrogen and oxygen atoms in total. The Balaban J connectivity index is 0.00000261. The van der Waals surface area contributed by atoms with E-state index in [1.807, 2.05) is 42.2 Å². The Morgan fingerprint density at radius 3 is 2.74 bits per heavy atom. The summed E-state index contributed by atoms with van der Waals surface area (Å²) in [4.78, 5) is 15.1. The Morgan fingerprint density at radius 2 is 2.07 bits per heavy atom. The SMILES string of the molecule is CCCOc1cn(-c2ccccc2)nc1C(=O)N1CCC(C)CC1CN.Cl. The smallest absolute Gasteiger partial charge is 0.278 e. The Kier molecular flexibility index (Phi) is 7.68. The van der Waals surface area contributed by atoms with Gasteiger partial charge in [-0.15, -0.1) is 12.4 Å². The number of carbonyl (C=O) groups is 1. The van der Waals surface area contributed by atoms with Crippen LogP contribution in [0.4, 0.5) is 0 Å².